The van der Waals surface area contributed by atoms with E-state index in [9.17, 15) is 14.4 Å². The number of nitrogens with zero attached hydrogens (tertiary/aromatic N) is 2. The van der Waals surface area contributed by atoms with E-state index < -0.39 is 11.9 Å². The van der Waals surface area contributed by atoms with Crippen LogP contribution in [0.15, 0.2) is 77.2 Å². The van der Waals surface area contributed by atoms with Crippen LogP contribution in [-0.2, 0) is 22.6 Å². The van der Waals surface area contributed by atoms with E-state index in [1.54, 1.807) is 0 Å². The van der Waals surface area contributed by atoms with Crippen LogP contribution in [0.2, 0.25) is 0 Å². The number of amides is 1. The molecule has 2 aromatic carbocycles. The molecule has 1 N–H and O–H groups in total. The Labute approximate surface area is 183 Å². The molecule has 0 aliphatic heterocycles. The number of Topliss-reactive ketones (excluding diaryl/α,β-unsaturated/α-hetero) is 1. The minimum absolute atomic E-state index is 0.137. The molecule has 2 heterocycles. The molecule has 0 spiro atoms. The molecule has 0 saturated heterocycles. The van der Waals surface area contributed by atoms with E-state index in [4.69, 9.17) is 0 Å². The summed E-state index contributed by atoms with van der Waals surface area (Å²) in [6, 6.07) is 18.5. The summed E-state index contributed by atoms with van der Waals surface area (Å²) in [7, 11) is 0. The van der Waals surface area contributed by atoms with Gasteiger partial charge in [-0.1, -0.05) is 60.7 Å². The molecule has 1 amide bonds. The predicted molar refractivity (Wildman–Crippen MR) is 122 cm³/mol. The van der Waals surface area contributed by atoms with Crippen LogP contribution in [0.5, 0.6) is 0 Å². The average Bonchev–Trinajstić information content (AvgIpc) is 3.21. The number of hydrogen-bond donors (Lipinski definition) is 1. The van der Waals surface area contributed by atoms with Crippen LogP contribution in [-0.4, -0.2) is 27.3 Å². The summed E-state index contributed by atoms with van der Waals surface area (Å²) in [6.45, 7) is 1.25. The van der Waals surface area contributed by atoms with Gasteiger partial charge < -0.3 is 5.32 Å². The summed E-state index contributed by atoms with van der Waals surface area (Å²) >= 11 is 1.40. The van der Waals surface area contributed by atoms with Crippen LogP contribution in [0.4, 0.5) is 0 Å². The third-order valence-corrected chi connectivity index (χ3v) is 5.95. The van der Waals surface area contributed by atoms with Gasteiger partial charge in [-0.2, -0.15) is 0 Å². The summed E-state index contributed by atoms with van der Waals surface area (Å²) in [5.41, 5.74) is 2.41. The van der Waals surface area contributed by atoms with Crippen molar-refractivity contribution in [1.29, 1.82) is 0 Å². The molecule has 1 atom stereocenters. The second-order valence-electron chi connectivity index (χ2n) is 7.29. The summed E-state index contributed by atoms with van der Waals surface area (Å²) in [4.78, 5) is 42.8. The highest BCUT2D eigenvalue weighted by atomic mass is 32.1. The number of carbonyl (C=O) groups excluding carboxylic acids is 2. The zero-order valence-corrected chi connectivity index (χ0v) is 17.8. The molecule has 7 heteroatoms. The van der Waals surface area contributed by atoms with Crippen molar-refractivity contribution in [3.05, 3.63) is 88.3 Å². The number of nitrogens with one attached hydrogen (secondary N) is 1. The van der Waals surface area contributed by atoms with E-state index in [-0.39, 0.29) is 17.9 Å². The van der Waals surface area contributed by atoms with Crippen molar-refractivity contribution in [1.82, 2.24) is 14.9 Å². The zero-order chi connectivity index (χ0) is 21.8. The average molecular weight is 432 g/mol. The lowest BCUT2D eigenvalue weighted by atomic mass is 10.0. The fourth-order valence-electron chi connectivity index (χ4n) is 3.45. The van der Waals surface area contributed by atoms with Gasteiger partial charge in [0.1, 0.15) is 11.4 Å². The fourth-order valence-corrected chi connectivity index (χ4v) is 4.36. The lowest BCUT2D eigenvalue weighted by Gasteiger charge is -2.16. The molecule has 31 heavy (non-hydrogen) atoms. The van der Waals surface area contributed by atoms with E-state index in [0.717, 1.165) is 16.7 Å². The van der Waals surface area contributed by atoms with Crippen molar-refractivity contribution in [2.75, 3.05) is 0 Å². The number of ketones is 1. The van der Waals surface area contributed by atoms with Gasteiger partial charge in [-0.25, -0.2) is 4.98 Å². The molecule has 0 fully saturated rings. The van der Waals surface area contributed by atoms with Crippen molar-refractivity contribution in [3.63, 3.8) is 0 Å². The van der Waals surface area contributed by atoms with Gasteiger partial charge in [0, 0.05) is 10.9 Å². The Bertz CT molecular complexity index is 1280. The molecular formula is C24H21N3O3S. The number of fused-ring (bicyclic) bond motifs is 1. The first-order valence-corrected chi connectivity index (χ1v) is 10.8. The van der Waals surface area contributed by atoms with Gasteiger partial charge in [0.2, 0.25) is 5.91 Å². The van der Waals surface area contributed by atoms with Gasteiger partial charge in [0.05, 0.1) is 17.8 Å². The van der Waals surface area contributed by atoms with Crippen LogP contribution in [0, 0.1) is 0 Å². The summed E-state index contributed by atoms with van der Waals surface area (Å²) in [5, 5.41) is 5.16. The van der Waals surface area contributed by atoms with E-state index >= 15 is 0 Å². The molecule has 156 valence electrons. The molecule has 4 aromatic rings. The smallest absolute Gasteiger partial charge is 0.263 e. The van der Waals surface area contributed by atoms with Gasteiger partial charge in [0.15, 0.2) is 5.78 Å². The standard InChI is InChI=1S/C24H21N3O3S/c1-16(28)20(12-17-8-4-2-5-9-17)26-21(29)13-27-15-25-23-22(24(27)30)19(14-31-23)18-10-6-3-7-11-18/h2-11,14-15,20H,12-13H2,1H3,(H,26,29). The van der Waals surface area contributed by atoms with Gasteiger partial charge in [-0.3, -0.25) is 19.0 Å². The second-order valence-corrected chi connectivity index (χ2v) is 8.15. The number of carbonyl (C=O) groups is 2. The molecule has 0 aliphatic rings. The van der Waals surface area contributed by atoms with Crippen LogP contribution in [0.1, 0.15) is 12.5 Å². The summed E-state index contributed by atoms with van der Waals surface area (Å²) in [5.74, 6) is -0.543. The Morgan fingerprint density at radius 3 is 2.42 bits per heavy atom. The molecule has 0 aliphatic carbocycles. The van der Waals surface area contributed by atoms with Gasteiger partial charge in [0.25, 0.3) is 5.56 Å². The summed E-state index contributed by atoms with van der Waals surface area (Å²) < 4.78 is 1.29. The second kappa shape index (κ2) is 9.06. The van der Waals surface area contributed by atoms with E-state index in [1.165, 1.54) is 29.2 Å². The highest BCUT2D eigenvalue weighted by Crippen LogP contribution is 2.30. The van der Waals surface area contributed by atoms with Gasteiger partial charge in [-0.05, 0) is 24.5 Å². The highest BCUT2D eigenvalue weighted by Gasteiger charge is 2.19. The highest BCUT2D eigenvalue weighted by molar-refractivity contribution is 7.17. The SMILES string of the molecule is CC(=O)C(Cc1ccccc1)NC(=O)Cn1cnc2scc(-c3ccccc3)c2c1=O. The summed E-state index contributed by atoms with van der Waals surface area (Å²) in [6.07, 6.45) is 1.78. The molecular weight excluding hydrogens is 410 g/mol. The first-order valence-electron chi connectivity index (χ1n) is 9.88. The molecule has 2 aromatic heterocycles. The van der Waals surface area contributed by atoms with Crippen molar-refractivity contribution in [2.45, 2.75) is 25.9 Å². The molecule has 6 nitrogen and oxygen atoms in total. The third kappa shape index (κ3) is 4.62. The minimum atomic E-state index is -0.650. The maximum atomic E-state index is 13.1. The van der Waals surface area contributed by atoms with Crippen LogP contribution < -0.4 is 10.9 Å². The van der Waals surface area contributed by atoms with Gasteiger partial charge in [-0.15, -0.1) is 11.3 Å². The minimum Gasteiger partial charge on any atom is -0.344 e. The third-order valence-electron chi connectivity index (χ3n) is 5.07. The quantitative estimate of drug-likeness (QED) is 0.486. The Kier molecular flexibility index (Phi) is 6.04. The first-order chi connectivity index (χ1) is 15.0. The number of rotatable bonds is 7. The maximum Gasteiger partial charge on any atom is 0.263 e. The zero-order valence-electron chi connectivity index (χ0n) is 16.9. The number of aromatic nitrogens is 2. The van der Waals surface area contributed by atoms with E-state index in [2.05, 4.69) is 10.3 Å². The Morgan fingerprint density at radius 1 is 1.06 bits per heavy atom. The number of benzene rings is 2. The monoisotopic (exact) mass is 431 g/mol. The van der Waals surface area contributed by atoms with Crippen molar-refractivity contribution < 1.29 is 9.59 Å². The molecule has 4 rings (SSSR count). The lowest BCUT2D eigenvalue weighted by Crippen LogP contribution is -2.43. The normalized spacial score (nSPS) is 11.9. The van der Waals surface area contributed by atoms with Crippen LogP contribution in [0.25, 0.3) is 21.3 Å². The number of hydrogen-bond acceptors (Lipinski definition) is 5. The molecule has 1 unspecified atom stereocenters. The van der Waals surface area contributed by atoms with Crippen molar-refractivity contribution in [3.8, 4) is 11.1 Å². The Balaban J connectivity index is 1.56. The van der Waals surface area contributed by atoms with Crippen molar-refractivity contribution in [2.24, 2.45) is 0 Å². The van der Waals surface area contributed by atoms with Crippen LogP contribution in [0.3, 0.4) is 0 Å². The molecule has 0 radical (unpaired) electrons. The fraction of sp³-hybridized carbons (Fsp3) is 0.167. The van der Waals surface area contributed by atoms with E-state index in [1.807, 2.05) is 66.0 Å². The molecule has 0 saturated carbocycles. The molecule has 0 bridgehead atoms. The van der Waals surface area contributed by atoms with Crippen LogP contribution >= 0.6 is 11.3 Å². The number of thiophene rings is 1. The Hall–Kier alpha value is -3.58. The largest absolute Gasteiger partial charge is 0.344 e. The maximum absolute atomic E-state index is 13.1. The van der Waals surface area contributed by atoms with E-state index in [0.29, 0.717) is 16.6 Å². The Morgan fingerprint density at radius 2 is 1.74 bits per heavy atom. The van der Waals surface area contributed by atoms with Gasteiger partial charge >= 0.3 is 0 Å². The lowest BCUT2D eigenvalue weighted by molar-refractivity contribution is -0.127. The van der Waals surface area contributed by atoms with Crippen molar-refractivity contribution >= 4 is 33.2 Å². The predicted octanol–water partition coefficient (Wildman–Crippen LogP) is 3.44. The first kappa shape index (κ1) is 20.7. The topological polar surface area (TPSA) is 81.1 Å².